The van der Waals surface area contributed by atoms with Crippen molar-refractivity contribution in [2.24, 2.45) is 0 Å². The number of hydrogen-bond donors (Lipinski definition) is 4. The lowest BCUT2D eigenvalue weighted by Gasteiger charge is -2.19. The highest BCUT2D eigenvalue weighted by atomic mass is 19.2. The van der Waals surface area contributed by atoms with Crippen LogP contribution < -0.4 is 32.1 Å². The van der Waals surface area contributed by atoms with E-state index in [1.165, 1.54) is 50.7 Å². The summed E-state index contributed by atoms with van der Waals surface area (Å²) in [4.78, 5) is 51.9. The van der Waals surface area contributed by atoms with Crippen LogP contribution in [0.3, 0.4) is 0 Å². The van der Waals surface area contributed by atoms with E-state index in [1.807, 2.05) is 60.7 Å². The molecule has 0 radical (unpaired) electrons. The molecule has 83 heavy (non-hydrogen) atoms. The van der Waals surface area contributed by atoms with Crippen molar-refractivity contribution in [1.29, 1.82) is 0 Å². The average Bonchev–Trinajstić information content (AvgIpc) is 3.85. The minimum Gasteiger partial charge on any atom is -0.488 e. The van der Waals surface area contributed by atoms with Crippen LogP contribution >= 0.6 is 0 Å². The number of aliphatic hydroxyl groups is 1. The number of H-pyrrole nitrogens is 1. The summed E-state index contributed by atoms with van der Waals surface area (Å²) in [7, 11) is 0. The number of aliphatic hydroxyl groups excluding tert-OH is 1. The Labute approximate surface area is 469 Å². The van der Waals surface area contributed by atoms with Crippen LogP contribution in [0.2, 0.25) is 0 Å². The van der Waals surface area contributed by atoms with Crippen molar-refractivity contribution in [2.45, 2.75) is 65.9 Å². The molecule has 6 N–H and O–H groups in total. The largest absolute Gasteiger partial charge is 0.488 e. The minimum absolute atomic E-state index is 0.0161. The molecule has 0 saturated carbocycles. The molecule has 2 atom stereocenters. The number of benzene rings is 6. The number of hydrogen-bond acceptors (Lipinski definition) is 15. The van der Waals surface area contributed by atoms with Crippen LogP contribution in [-0.2, 0) is 0 Å². The molecule has 6 aromatic carbocycles. The van der Waals surface area contributed by atoms with Crippen LogP contribution in [0.15, 0.2) is 156 Å². The molecule has 0 unspecified atom stereocenters. The molecule has 6 aromatic heterocycles. The number of ether oxygens (including phenoxy) is 2. The van der Waals surface area contributed by atoms with Crippen LogP contribution in [0.5, 0.6) is 11.5 Å². The smallest absolute Gasteiger partial charge is 0.266 e. The summed E-state index contributed by atoms with van der Waals surface area (Å²) < 4.78 is 74.1. The maximum absolute atomic E-state index is 15.5. The number of rotatable bonds is 11. The molecule has 12 rings (SSSR count). The van der Waals surface area contributed by atoms with Gasteiger partial charge in [0.15, 0.2) is 34.4 Å². The van der Waals surface area contributed by atoms with Crippen LogP contribution in [0.1, 0.15) is 65.3 Å². The Morgan fingerprint density at radius 1 is 0.542 bits per heavy atom. The summed E-state index contributed by atoms with van der Waals surface area (Å²) in [6.07, 6.45) is 1.07. The molecule has 23 heteroatoms. The summed E-state index contributed by atoms with van der Waals surface area (Å²) in [5.74, 6) is -3.88. The van der Waals surface area contributed by atoms with E-state index in [0.29, 0.717) is 50.2 Å². The molecular formula is C60H52F4N14O5. The highest BCUT2D eigenvalue weighted by molar-refractivity contribution is 5.99. The molecule has 19 nitrogen and oxygen atoms in total. The van der Waals surface area contributed by atoms with Crippen LogP contribution in [0.4, 0.5) is 29.2 Å². The average molecular weight is 1130 g/mol. The first kappa shape index (κ1) is 55.9. The van der Waals surface area contributed by atoms with Gasteiger partial charge in [0.1, 0.15) is 53.8 Å². The fraction of sp³-hybridized carbons (Fsp3) is 0.167. The van der Waals surface area contributed by atoms with Crippen molar-refractivity contribution in [2.75, 3.05) is 11.5 Å². The minimum atomic E-state index is -1.14. The molecule has 0 amide bonds. The van der Waals surface area contributed by atoms with Crippen LogP contribution in [0, 0.1) is 23.3 Å². The van der Waals surface area contributed by atoms with E-state index >= 15 is 8.78 Å². The van der Waals surface area contributed by atoms with Crippen LogP contribution in [0.25, 0.3) is 77.8 Å². The van der Waals surface area contributed by atoms with Gasteiger partial charge in [-0.05, 0) is 114 Å². The molecule has 6 heterocycles. The molecule has 0 aliphatic carbocycles. The summed E-state index contributed by atoms with van der Waals surface area (Å²) in [5.41, 5.74) is 14.7. The van der Waals surface area contributed by atoms with E-state index in [9.17, 15) is 23.5 Å². The summed E-state index contributed by atoms with van der Waals surface area (Å²) >= 11 is 0. The van der Waals surface area contributed by atoms with Gasteiger partial charge in [-0.15, -0.1) is 0 Å². The number of aromatic nitrogens is 12. The number of nitrogens with one attached hydrogen (secondary N) is 1. The van der Waals surface area contributed by atoms with E-state index < -0.39 is 35.4 Å². The Bertz CT molecular complexity index is 4500. The lowest BCUT2D eigenvalue weighted by atomic mass is 10.1. The summed E-state index contributed by atoms with van der Waals surface area (Å²) in [5, 5.41) is 22.7. The molecule has 0 fully saturated rings. The molecule has 0 saturated heterocycles. The van der Waals surface area contributed by atoms with Gasteiger partial charge in [-0.2, -0.15) is 19.0 Å². The summed E-state index contributed by atoms with van der Waals surface area (Å²) in [6.45, 7) is 10.3. The fourth-order valence-corrected chi connectivity index (χ4v) is 9.28. The number of nitrogen functional groups attached to an aromatic ring is 2. The third-order valence-corrected chi connectivity index (χ3v) is 13.0. The lowest BCUT2D eigenvalue weighted by molar-refractivity contribution is 0.186. The monoisotopic (exact) mass is 1120 g/mol. The molecule has 12 aromatic rings. The van der Waals surface area contributed by atoms with Gasteiger partial charge in [-0.1, -0.05) is 60.7 Å². The first-order chi connectivity index (χ1) is 39.9. The second kappa shape index (κ2) is 23.3. The maximum atomic E-state index is 15.5. The zero-order valence-electron chi connectivity index (χ0n) is 45.3. The first-order valence-electron chi connectivity index (χ1n) is 26.0. The van der Waals surface area contributed by atoms with Gasteiger partial charge in [0.05, 0.1) is 61.9 Å². The Balaban J connectivity index is 0.000000154. The predicted octanol–water partition coefficient (Wildman–Crippen LogP) is 10.6. The normalized spacial score (nSPS) is 12.1. The Hall–Kier alpha value is -10.4. The van der Waals surface area contributed by atoms with Crippen molar-refractivity contribution in [3.63, 3.8) is 0 Å². The summed E-state index contributed by atoms with van der Waals surface area (Å²) in [6, 6.07) is 37.3. The Morgan fingerprint density at radius 2 is 1.01 bits per heavy atom. The highest BCUT2D eigenvalue weighted by Gasteiger charge is 2.29. The van der Waals surface area contributed by atoms with Gasteiger partial charge in [0.2, 0.25) is 11.6 Å². The van der Waals surface area contributed by atoms with Crippen molar-refractivity contribution in [3.8, 4) is 45.4 Å². The molecule has 420 valence electrons. The van der Waals surface area contributed by atoms with Gasteiger partial charge in [0.25, 0.3) is 11.1 Å². The van der Waals surface area contributed by atoms with Crippen molar-refractivity contribution in [3.05, 3.63) is 202 Å². The number of fused-ring (bicyclic) bond motifs is 4. The van der Waals surface area contributed by atoms with Crippen molar-refractivity contribution >= 4 is 55.5 Å². The molecule has 0 bridgehead atoms. The lowest BCUT2D eigenvalue weighted by Crippen LogP contribution is -2.27. The first-order valence-corrected chi connectivity index (χ1v) is 26.0. The Morgan fingerprint density at radius 3 is 1.55 bits per heavy atom. The predicted molar refractivity (Wildman–Crippen MR) is 307 cm³/mol. The fourth-order valence-electron chi connectivity index (χ4n) is 9.28. The number of para-hydroxylation sites is 4. The third-order valence-electron chi connectivity index (χ3n) is 13.0. The van der Waals surface area contributed by atoms with E-state index in [1.54, 1.807) is 90.1 Å². The standard InChI is InChI=1S/C30H25F2N7O2.C16H14N2O2.C14H13F2N5O/c1-16(2)41-22-14-13-20(24(31)25(22)32)26-23-27(33)34-15-35-29(23)39(37-26)17(3)28-36-21-12-8-7-11-19(21)30(40)38(28)18-9-5-4-6-10-18;1-11(19)15-17-14-10-6-5-9-13(14)16(20)18(15)12-7-3-2-4-8-12;1-6(2)22-8-4-3-7(10(15)11(8)16)12-9-13(17)18-5-19-14(9)21-20-12/h4-17H,1-3H3,(H2,33,34,35);2-11,19H,1H3;3-6H,1-2H3,(H3,17,18,19,20,21)/t17-;11-;/m01./s1. The number of anilines is 2. The number of halogens is 4. The second-order valence-corrected chi connectivity index (χ2v) is 19.4. The van der Waals surface area contributed by atoms with E-state index in [2.05, 4.69) is 40.2 Å². The maximum Gasteiger partial charge on any atom is 0.266 e. The second-order valence-electron chi connectivity index (χ2n) is 19.4. The quantitative estimate of drug-likeness (QED) is 0.0878. The van der Waals surface area contributed by atoms with Crippen LogP contribution in [-0.4, -0.2) is 76.3 Å². The van der Waals surface area contributed by atoms with E-state index in [-0.39, 0.29) is 85.7 Å². The van der Waals surface area contributed by atoms with Gasteiger partial charge in [-0.3, -0.25) is 23.8 Å². The van der Waals surface area contributed by atoms with E-state index in [0.717, 1.165) is 0 Å². The van der Waals surface area contributed by atoms with Crippen molar-refractivity contribution < 1.29 is 32.1 Å². The van der Waals surface area contributed by atoms with E-state index in [4.69, 9.17) is 25.9 Å². The zero-order chi connectivity index (χ0) is 58.8. The van der Waals surface area contributed by atoms with Gasteiger partial charge in [0, 0.05) is 11.1 Å². The van der Waals surface area contributed by atoms with Gasteiger partial charge >= 0.3 is 0 Å². The molecule has 0 spiro atoms. The van der Waals surface area contributed by atoms with Crippen molar-refractivity contribution in [1.82, 2.24) is 59.0 Å². The number of aromatic amines is 1. The van der Waals surface area contributed by atoms with Gasteiger partial charge < -0.3 is 26.0 Å². The molecular weight excluding hydrogens is 1070 g/mol. The SMILES string of the molecule is CC(C)Oc1ccc(-c2[nH]nc3ncnc(N)c23)c(F)c1F.CC(C)Oc1ccc(-c2nn([C@@H](C)c3nc4ccccc4c(=O)n3-c3ccccc3)c3ncnc(N)c23)c(F)c1F.C[C@@H](O)c1nc2ccccc2c(=O)n1-c1ccccc1. The molecule has 0 aliphatic heterocycles. The zero-order valence-corrected chi connectivity index (χ0v) is 45.3. The molecule has 0 aliphatic rings. The number of nitrogens with zero attached hydrogens (tertiary/aromatic N) is 11. The number of nitrogens with two attached hydrogens (primary N) is 2. The Kier molecular flexibility index (Phi) is 15.7. The topological polar surface area (TPSA) is 259 Å². The van der Waals surface area contributed by atoms with Gasteiger partial charge in [-0.25, -0.2) is 43.4 Å². The third kappa shape index (κ3) is 10.9. The highest BCUT2D eigenvalue weighted by Crippen LogP contribution is 2.38.